The normalized spacial score (nSPS) is 12.2. The summed E-state index contributed by atoms with van der Waals surface area (Å²) in [5.74, 6) is -0.344. The summed E-state index contributed by atoms with van der Waals surface area (Å²) in [5.41, 5.74) is 1.57. The van der Waals surface area contributed by atoms with Gasteiger partial charge in [-0.3, -0.25) is 0 Å². The van der Waals surface area contributed by atoms with Gasteiger partial charge in [0.2, 0.25) is 0 Å². The number of esters is 1. The minimum atomic E-state index is -0.736. The quantitative estimate of drug-likeness (QED) is 0.606. The molecule has 0 aliphatic carbocycles. The highest BCUT2D eigenvalue weighted by Crippen LogP contribution is 2.09. The van der Waals surface area contributed by atoms with Crippen LogP contribution in [-0.4, -0.2) is 31.6 Å². The highest BCUT2D eigenvalue weighted by molar-refractivity contribution is 5.89. The molecule has 0 saturated carbocycles. The number of aliphatic hydroxyl groups is 1. The molecule has 0 spiro atoms. The van der Waals surface area contributed by atoms with Crippen LogP contribution in [0, 0.1) is 0 Å². The van der Waals surface area contributed by atoms with Gasteiger partial charge in [-0.05, 0) is 24.1 Å². The molecule has 0 aromatic heterocycles. The van der Waals surface area contributed by atoms with Crippen LogP contribution in [0.25, 0.3) is 0 Å². The minimum absolute atomic E-state index is 0.344. The second kappa shape index (κ2) is 6.25. The molecule has 0 radical (unpaired) electrons. The van der Waals surface area contributed by atoms with Gasteiger partial charge >= 0.3 is 5.97 Å². The van der Waals surface area contributed by atoms with Gasteiger partial charge in [0.15, 0.2) is 6.29 Å². The Morgan fingerprint density at radius 1 is 1.31 bits per heavy atom. The fourth-order valence-electron chi connectivity index (χ4n) is 1.33. The zero-order chi connectivity index (χ0) is 12.0. The molecule has 1 N–H and O–H groups in total. The lowest BCUT2D eigenvalue weighted by Gasteiger charge is -2.08. The van der Waals surface area contributed by atoms with E-state index in [1.54, 1.807) is 12.1 Å². The Kier molecular flexibility index (Phi) is 4.95. The van der Waals surface area contributed by atoms with Crippen LogP contribution >= 0.6 is 0 Å². The summed E-state index contributed by atoms with van der Waals surface area (Å²) >= 11 is 0. The third-order valence-electron chi connectivity index (χ3n) is 2.33. The van der Waals surface area contributed by atoms with Gasteiger partial charge in [0.1, 0.15) is 0 Å². The highest BCUT2D eigenvalue weighted by Gasteiger charge is 2.05. The molecule has 88 valence electrons. The molecule has 0 aliphatic rings. The first-order valence-electron chi connectivity index (χ1n) is 5.05. The molecule has 0 saturated heterocycles. The van der Waals surface area contributed by atoms with Crippen LogP contribution in [0.5, 0.6) is 0 Å². The molecule has 0 fully saturated rings. The number of aryl methyl sites for hydroxylation is 1. The molecule has 16 heavy (non-hydrogen) atoms. The molecular formula is C12H16O4. The van der Waals surface area contributed by atoms with Crippen molar-refractivity contribution in [2.24, 2.45) is 0 Å². The Bertz CT molecular complexity index is 331. The van der Waals surface area contributed by atoms with Crippen molar-refractivity contribution in [1.82, 2.24) is 0 Å². The molecule has 1 atom stereocenters. The van der Waals surface area contributed by atoms with E-state index in [1.165, 1.54) is 14.2 Å². The molecule has 1 rings (SSSR count). The van der Waals surface area contributed by atoms with Gasteiger partial charge in [-0.15, -0.1) is 0 Å². The average Bonchev–Trinajstić information content (AvgIpc) is 2.35. The van der Waals surface area contributed by atoms with Crippen LogP contribution in [-0.2, 0) is 15.9 Å². The molecule has 0 heterocycles. The number of benzene rings is 1. The van der Waals surface area contributed by atoms with Crippen LogP contribution in [0.4, 0.5) is 0 Å². The summed E-state index contributed by atoms with van der Waals surface area (Å²) in [6.45, 7) is 0. The Balaban J connectivity index is 2.54. The van der Waals surface area contributed by atoms with Crippen LogP contribution in [0.3, 0.4) is 0 Å². The van der Waals surface area contributed by atoms with Crippen LogP contribution in [0.2, 0.25) is 0 Å². The van der Waals surface area contributed by atoms with Gasteiger partial charge < -0.3 is 14.6 Å². The van der Waals surface area contributed by atoms with E-state index in [0.29, 0.717) is 18.4 Å². The number of methoxy groups -OCH3 is 2. The topological polar surface area (TPSA) is 55.8 Å². The smallest absolute Gasteiger partial charge is 0.337 e. The second-order valence-electron chi connectivity index (χ2n) is 3.42. The van der Waals surface area contributed by atoms with Gasteiger partial charge in [-0.2, -0.15) is 0 Å². The number of ether oxygens (including phenoxy) is 2. The lowest BCUT2D eigenvalue weighted by atomic mass is 10.1. The van der Waals surface area contributed by atoms with Crippen molar-refractivity contribution in [1.29, 1.82) is 0 Å². The molecule has 1 aromatic carbocycles. The molecule has 4 nitrogen and oxygen atoms in total. The third kappa shape index (κ3) is 3.64. The summed E-state index contributed by atoms with van der Waals surface area (Å²) in [5, 5.41) is 9.20. The molecule has 1 unspecified atom stereocenters. The van der Waals surface area contributed by atoms with Gasteiger partial charge in [0, 0.05) is 13.5 Å². The van der Waals surface area contributed by atoms with Gasteiger partial charge in [-0.25, -0.2) is 4.79 Å². The van der Waals surface area contributed by atoms with Crippen molar-refractivity contribution in [3.05, 3.63) is 35.4 Å². The monoisotopic (exact) mass is 224 g/mol. The van der Waals surface area contributed by atoms with Crippen molar-refractivity contribution in [2.75, 3.05) is 14.2 Å². The van der Waals surface area contributed by atoms with E-state index >= 15 is 0 Å². The van der Waals surface area contributed by atoms with Crippen molar-refractivity contribution in [2.45, 2.75) is 19.1 Å². The van der Waals surface area contributed by atoms with Crippen molar-refractivity contribution in [3.8, 4) is 0 Å². The lowest BCUT2D eigenvalue weighted by Crippen LogP contribution is -2.09. The molecule has 0 aliphatic heterocycles. The molecular weight excluding hydrogens is 208 g/mol. The lowest BCUT2D eigenvalue weighted by molar-refractivity contribution is -0.0777. The van der Waals surface area contributed by atoms with E-state index < -0.39 is 6.29 Å². The number of rotatable bonds is 5. The summed E-state index contributed by atoms with van der Waals surface area (Å²) in [7, 11) is 2.82. The highest BCUT2D eigenvalue weighted by atomic mass is 16.6. The summed E-state index contributed by atoms with van der Waals surface area (Å²) < 4.78 is 9.33. The number of hydrogen-bond acceptors (Lipinski definition) is 4. The molecule has 4 heteroatoms. The maximum absolute atomic E-state index is 11.2. The number of carbonyl (C=O) groups is 1. The molecule has 0 bridgehead atoms. The Morgan fingerprint density at radius 2 is 1.94 bits per heavy atom. The standard InChI is InChI=1S/C12H16O4/c1-15-11(13)8-5-9-3-6-10(7-4-9)12(14)16-2/h3-4,6-7,11,13H,5,8H2,1-2H3. The average molecular weight is 224 g/mol. The summed E-state index contributed by atoms with van der Waals surface area (Å²) in [6.07, 6.45) is 0.505. The van der Waals surface area contributed by atoms with Crippen LogP contribution in [0.1, 0.15) is 22.3 Å². The third-order valence-corrected chi connectivity index (χ3v) is 2.33. The first kappa shape index (κ1) is 12.7. The SMILES string of the molecule is COC(=O)c1ccc(CCC(O)OC)cc1. The fraction of sp³-hybridized carbons (Fsp3) is 0.417. The first-order valence-corrected chi connectivity index (χ1v) is 5.05. The maximum atomic E-state index is 11.2. The Labute approximate surface area is 94.8 Å². The molecule has 1 aromatic rings. The summed E-state index contributed by atoms with van der Waals surface area (Å²) in [6, 6.07) is 7.10. The van der Waals surface area contributed by atoms with Crippen molar-refractivity contribution >= 4 is 5.97 Å². The Hall–Kier alpha value is -1.39. The van der Waals surface area contributed by atoms with Gasteiger partial charge in [0.05, 0.1) is 12.7 Å². The number of carbonyl (C=O) groups excluding carboxylic acids is 1. The summed E-state index contributed by atoms with van der Waals surface area (Å²) in [4.78, 5) is 11.2. The predicted molar refractivity (Wildman–Crippen MR) is 59.1 cm³/mol. The zero-order valence-corrected chi connectivity index (χ0v) is 9.47. The first-order chi connectivity index (χ1) is 7.67. The Morgan fingerprint density at radius 3 is 2.44 bits per heavy atom. The van der Waals surface area contributed by atoms with E-state index in [1.807, 2.05) is 12.1 Å². The number of aliphatic hydroxyl groups excluding tert-OH is 1. The van der Waals surface area contributed by atoms with Gasteiger partial charge in [-0.1, -0.05) is 12.1 Å². The van der Waals surface area contributed by atoms with Gasteiger partial charge in [0.25, 0.3) is 0 Å². The van der Waals surface area contributed by atoms with Crippen LogP contribution in [0.15, 0.2) is 24.3 Å². The van der Waals surface area contributed by atoms with E-state index in [0.717, 1.165) is 5.56 Å². The van der Waals surface area contributed by atoms with E-state index in [-0.39, 0.29) is 5.97 Å². The van der Waals surface area contributed by atoms with E-state index in [2.05, 4.69) is 4.74 Å². The minimum Gasteiger partial charge on any atom is -0.465 e. The predicted octanol–water partition coefficient (Wildman–Crippen LogP) is 1.37. The van der Waals surface area contributed by atoms with Crippen molar-refractivity contribution in [3.63, 3.8) is 0 Å². The van der Waals surface area contributed by atoms with Crippen LogP contribution < -0.4 is 0 Å². The fourth-order valence-corrected chi connectivity index (χ4v) is 1.33. The van der Waals surface area contributed by atoms with E-state index in [9.17, 15) is 9.90 Å². The maximum Gasteiger partial charge on any atom is 0.337 e. The largest absolute Gasteiger partial charge is 0.465 e. The second-order valence-corrected chi connectivity index (χ2v) is 3.42. The van der Waals surface area contributed by atoms with E-state index in [4.69, 9.17) is 4.74 Å². The zero-order valence-electron chi connectivity index (χ0n) is 9.47. The number of hydrogen-bond donors (Lipinski definition) is 1. The van der Waals surface area contributed by atoms with Crippen molar-refractivity contribution < 1.29 is 19.4 Å². The molecule has 0 amide bonds.